The third-order valence-electron chi connectivity index (χ3n) is 4.41. The average Bonchev–Trinajstić information content (AvgIpc) is 2.83. The zero-order valence-corrected chi connectivity index (χ0v) is 13.1. The van der Waals surface area contributed by atoms with Crippen LogP contribution >= 0.6 is 0 Å². The maximum Gasteiger partial charge on any atom is 0.0640 e. The summed E-state index contributed by atoms with van der Waals surface area (Å²) < 4.78 is 7.65. The fourth-order valence-electron chi connectivity index (χ4n) is 2.94. The van der Waals surface area contributed by atoms with Crippen LogP contribution < -0.4 is 5.73 Å². The van der Waals surface area contributed by atoms with E-state index in [4.69, 9.17) is 10.5 Å². The molecule has 2 rings (SSSR count). The van der Waals surface area contributed by atoms with Crippen LogP contribution in [-0.2, 0) is 11.2 Å². The molecule has 1 saturated carbocycles. The molecule has 20 heavy (non-hydrogen) atoms. The third kappa shape index (κ3) is 4.06. The van der Waals surface area contributed by atoms with E-state index in [1.807, 2.05) is 0 Å². The Kier molecular flexibility index (Phi) is 5.61. The standard InChI is InChI=1S/C16H29N3O/c1-4-12(3)19-7-6-15(18-19)11-14(17)8-13-9-16(10-13)20-5-2/h6-7,12-14,16H,4-5,8-11,17H2,1-3H3. The van der Waals surface area contributed by atoms with Crippen molar-refractivity contribution >= 4 is 0 Å². The number of hydrogen-bond acceptors (Lipinski definition) is 3. The van der Waals surface area contributed by atoms with Crippen molar-refractivity contribution < 1.29 is 4.74 Å². The second-order valence-electron chi connectivity index (χ2n) is 6.16. The molecule has 1 aromatic heterocycles. The van der Waals surface area contributed by atoms with E-state index in [2.05, 4.69) is 42.8 Å². The average molecular weight is 279 g/mol. The Morgan fingerprint density at radius 2 is 2.20 bits per heavy atom. The first-order valence-corrected chi connectivity index (χ1v) is 8.03. The van der Waals surface area contributed by atoms with Gasteiger partial charge in [0.25, 0.3) is 0 Å². The van der Waals surface area contributed by atoms with E-state index >= 15 is 0 Å². The molecule has 1 heterocycles. The van der Waals surface area contributed by atoms with Crippen LogP contribution in [0.25, 0.3) is 0 Å². The number of aromatic nitrogens is 2. The molecule has 114 valence electrons. The third-order valence-corrected chi connectivity index (χ3v) is 4.41. The zero-order chi connectivity index (χ0) is 14.5. The number of hydrogen-bond donors (Lipinski definition) is 1. The highest BCUT2D eigenvalue weighted by Gasteiger charge is 2.30. The van der Waals surface area contributed by atoms with Gasteiger partial charge in [-0.25, -0.2) is 0 Å². The predicted octanol–water partition coefficient (Wildman–Crippen LogP) is 2.93. The second-order valence-corrected chi connectivity index (χ2v) is 6.16. The Balaban J connectivity index is 1.72. The minimum atomic E-state index is 0.225. The smallest absolute Gasteiger partial charge is 0.0640 e. The van der Waals surface area contributed by atoms with Crippen molar-refractivity contribution in [1.29, 1.82) is 0 Å². The van der Waals surface area contributed by atoms with Crippen molar-refractivity contribution in [3.05, 3.63) is 18.0 Å². The quantitative estimate of drug-likeness (QED) is 0.796. The molecule has 1 aliphatic carbocycles. The van der Waals surface area contributed by atoms with E-state index < -0.39 is 0 Å². The van der Waals surface area contributed by atoms with Gasteiger partial charge in [0.05, 0.1) is 11.8 Å². The van der Waals surface area contributed by atoms with E-state index in [1.165, 1.54) is 12.8 Å². The molecule has 0 bridgehead atoms. The van der Waals surface area contributed by atoms with E-state index in [1.54, 1.807) is 0 Å². The fourth-order valence-corrected chi connectivity index (χ4v) is 2.94. The summed E-state index contributed by atoms with van der Waals surface area (Å²) in [5.41, 5.74) is 7.39. The minimum Gasteiger partial charge on any atom is -0.378 e. The summed E-state index contributed by atoms with van der Waals surface area (Å²) in [5.74, 6) is 0.748. The first-order chi connectivity index (χ1) is 9.62. The van der Waals surface area contributed by atoms with Crippen molar-refractivity contribution in [3.63, 3.8) is 0 Å². The van der Waals surface area contributed by atoms with Gasteiger partial charge >= 0.3 is 0 Å². The van der Waals surface area contributed by atoms with E-state index in [9.17, 15) is 0 Å². The molecule has 0 radical (unpaired) electrons. The minimum absolute atomic E-state index is 0.225. The molecule has 0 aliphatic heterocycles. The Morgan fingerprint density at radius 3 is 2.85 bits per heavy atom. The molecular weight excluding hydrogens is 250 g/mol. The van der Waals surface area contributed by atoms with Gasteiger partial charge in [0, 0.05) is 31.3 Å². The van der Waals surface area contributed by atoms with Gasteiger partial charge in [-0.3, -0.25) is 4.68 Å². The largest absolute Gasteiger partial charge is 0.378 e. The van der Waals surface area contributed by atoms with Gasteiger partial charge < -0.3 is 10.5 Å². The Hall–Kier alpha value is -0.870. The van der Waals surface area contributed by atoms with Crippen LogP contribution in [0.2, 0.25) is 0 Å². The van der Waals surface area contributed by atoms with E-state index in [0.717, 1.165) is 37.5 Å². The summed E-state index contributed by atoms with van der Waals surface area (Å²) in [6.07, 6.45) is 8.02. The van der Waals surface area contributed by atoms with Gasteiger partial charge in [-0.15, -0.1) is 0 Å². The van der Waals surface area contributed by atoms with Gasteiger partial charge in [0.15, 0.2) is 0 Å². The lowest BCUT2D eigenvalue weighted by Gasteiger charge is -2.36. The number of ether oxygens (including phenoxy) is 1. The molecule has 2 atom stereocenters. The topological polar surface area (TPSA) is 53.1 Å². The summed E-state index contributed by atoms with van der Waals surface area (Å²) in [5, 5.41) is 4.63. The van der Waals surface area contributed by atoms with Crippen LogP contribution in [0.4, 0.5) is 0 Å². The van der Waals surface area contributed by atoms with Crippen molar-refractivity contribution in [2.24, 2.45) is 11.7 Å². The molecule has 1 aromatic rings. The van der Waals surface area contributed by atoms with Gasteiger partial charge in [0.2, 0.25) is 0 Å². The predicted molar refractivity (Wildman–Crippen MR) is 81.7 cm³/mol. The lowest BCUT2D eigenvalue weighted by atomic mass is 9.78. The van der Waals surface area contributed by atoms with Gasteiger partial charge in [-0.1, -0.05) is 6.92 Å². The normalized spacial score (nSPS) is 25.2. The summed E-state index contributed by atoms with van der Waals surface area (Å²) in [6.45, 7) is 7.27. The Labute approximate surface area is 122 Å². The summed E-state index contributed by atoms with van der Waals surface area (Å²) in [6, 6.07) is 2.80. The second kappa shape index (κ2) is 7.23. The van der Waals surface area contributed by atoms with Crippen molar-refractivity contribution in [3.8, 4) is 0 Å². The molecule has 0 amide bonds. The van der Waals surface area contributed by atoms with Crippen molar-refractivity contribution in [1.82, 2.24) is 9.78 Å². The Bertz CT molecular complexity index is 398. The molecule has 0 spiro atoms. The summed E-state index contributed by atoms with van der Waals surface area (Å²) in [7, 11) is 0. The van der Waals surface area contributed by atoms with Crippen LogP contribution in [0.15, 0.2) is 12.3 Å². The first kappa shape index (κ1) is 15.5. The van der Waals surface area contributed by atoms with Crippen LogP contribution in [0, 0.1) is 5.92 Å². The van der Waals surface area contributed by atoms with E-state index in [0.29, 0.717) is 12.1 Å². The molecule has 4 heteroatoms. The number of nitrogens with two attached hydrogens (primary N) is 1. The fraction of sp³-hybridized carbons (Fsp3) is 0.812. The highest BCUT2D eigenvalue weighted by atomic mass is 16.5. The molecule has 2 N–H and O–H groups in total. The highest BCUT2D eigenvalue weighted by molar-refractivity contribution is 5.02. The SMILES string of the molecule is CCOC1CC(CC(N)Cc2ccn(C(C)CC)n2)C1. The number of rotatable bonds is 8. The molecule has 0 aromatic carbocycles. The van der Waals surface area contributed by atoms with Crippen LogP contribution in [0.5, 0.6) is 0 Å². The maximum atomic E-state index is 6.26. The highest BCUT2D eigenvalue weighted by Crippen LogP contribution is 2.33. The first-order valence-electron chi connectivity index (χ1n) is 8.03. The van der Waals surface area contributed by atoms with Crippen molar-refractivity contribution in [2.45, 2.75) is 71.1 Å². The lowest BCUT2D eigenvalue weighted by Crippen LogP contribution is -2.36. The van der Waals surface area contributed by atoms with Crippen LogP contribution in [-0.4, -0.2) is 28.5 Å². The summed E-state index contributed by atoms with van der Waals surface area (Å²) >= 11 is 0. The van der Waals surface area contributed by atoms with Gasteiger partial charge in [-0.2, -0.15) is 5.10 Å². The Morgan fingerprint density at radius 1 is 1.45 bits per heavy atom. The maximum absolute atomic E-state index is 6.26. The lowest BCUT2D eigenvalue weighted by molar-refractivity contribution is -0.0281. The van der Waals surface area contributed by atoms with Crippen LogP contribution in [0.1, 0.15) is 58.2 Å². The van der Waals surface area contributed by atoms with Crippen LogP contribution in [0.3, 0.4) is 0 Å². The van der Waals surface area contributed by atoms with Gasteiger partial charge in [0.1, 0.15) is 0 Å². The van der Waals surface area contributed by atoms with Gasteiger partial charge in [-0.05, 0) is 51.5 Å². The van der Waals surface area contributed by atoms with Crippen molar-refractivity contribution in [2.75, 3.05) is 6.61 Å². The monoisotopic (exact) mass is 279 g/mol. The molecule has 4 nitrogen and oxygen atoms in total. The summed E-state index contributed by atoms with van der Waals surface area (Å²) in [4.78, 5) is 0. The van der Waals surface area contributed by atoms with E-state index in [-0.39, 0.29) is 6.04 Å². The number of nitrogens with zero attached hydrogens (tertiary/aromatic N) is 2. The molecule has 0 saturated heterocycles. The zero-order valence-electron chi connectivity index (χ0n) is 13.1. The molecular formula is C16H29N3O. The molecule has 1 fully saturated rings. The molecule has 1 aliphatic rings. The molecule has 2 unspecified atom stereocenters.